The van der Waals surface area contributed by atoms with Crippen molar-refractivity contribution in [3.05, 3.63) is 29.3 Å². The molecule has 0 saturated carbocycles. The van der Waals surface area contributed by atoms with Crippen molar-refractivity contribution < 1.29 is 13.5 Å². The van der Waals surface area contributed by atoms with Crippen LogP contribution in [0.2, 0.25) is 0 Å². The van der Waals surface area contributed by atoms with Crippen LogP contribution in [-0.2, 0) is 10.2 Å². The molecule has 0 radical (unpaired) electrons. The van der Waals surface area contributed by atoms with Crippen LogP contribution in [0.15, 0.2) is 18.2 Å². The molecule has 0 amide bonds. The predicted molar refractivity (Wildman–Crippen MR) is 80.6 cm³/mol. The summed E-state index contributed by atoms with van der Waals surface area (Å²) in [7, 11) is -3.62. The van der Waals surface area contributed by atoms with Crippen molar-refractivity contribution in [2.45, 2.75) is 33.2 Å². The quantitative estimate of drug-likeness (QED) is 0.718. The molecule has 0 aromatic heterocycles. The number of anilines is 1. The van der Waals surface area contributed by atoms with Gasteiger partial charge >= 0.3 is 0 Å². The Hall–Kier alpha value is -1.55. The van der Waals surface area contributed by atoms with Gasteiger partial charge in [0, 0.05) is 18.0 Å². The number of aliphatic hydroxyl groups excluding tert-OH is 1. The lowest BCUT2D eigenvalue weighted by molar-refractivity contribution is 0.305. The largest absolute Gasteiger partial charge is 0.395 e. The Kier molecular flexibility index (Phi) is 6.02. The summed E-state index contributed by atoms with van der Waals surface area (Å²) in [6, 6.07) is 5.15. The molecule has 0 aliphatic heterocycles. The molecule has 0 aliphatic rings. The van der Waals surface area contributed by atoms with Gasteiger partial charge in [0.05, 0.1) is 12.3 Å². The van der Waals surface area contributed by atoms with Gasteiger partial charge < -0.3 is 5.11 Å². The number of aryl methyl sites for hydroxylation is 1. The number of aliphatic hydroxyl groups is 1. The second-order valence-corrected chi connectivity index (χ2v) is 6.15. The zero-order chi connectivity index (χ0) is 15.2. The van der Waals surface area contributed by atoms with Crippen LogP contribution < -0.4 is 9.44 Å². The van der Waals surface area contributed by atoms with E-state index in [0.717, 1.165) is 5.56 Å². The fourth-order valence-electron chi connectivity index (χ4n) is 1.55. The minimum Gasteiger partial charge on any atom is -0.395 e. The van der Waals surface area contributed by atoms with Crippen LogP contribution in [0.5, 0.6) is 0 Å². The van der Waals surface area contributed by atoms with Gasteiger partial charge in [0.2, 0.25) is 0 Å². The maximum atomic E-state index is 11.9. The van der Waals surface area contributed by atoms with Crippen LogP contribution in [0.3, 0.4) is 0 Å². The van der Waals surface area contributed by atoms with E-state index in [1.807, 2.05) is 13.0 Å². The van der Waals surface area contributed by atoms with Crippen LogP contribution >= 0.6 is 0 Å². The van der Waals surface area contributed by atoms with Crippen LogP contribution in [0.4, 0.5) is 5.69 Å². The third-order valence-corrected chi connectivity index (χ3v) is 3.54. The van der Waals surface area contributed by atoms with Crippen LogP contribution in [0.1, 0.15) is 31.4 Å². The second-order valence-electron chi connectivity index (χ2n) is 4.70. The Morgan fingerprint density at radius 3 is 2.65 bits per heavy atom. The first-order valence-corrected chi connectivity index (χ1v) is 7.83. The molecule has 1 rings (SSSR count). The number of benzene rings is 1. The third-order valence-electron chi connectivity index (χ3n) is 2.27. The summed E-state index contributed by atoms with van der Waals surface area (Å²) in [5, 5.41) is 8.72. The third kappa shape index (κ3) is 5.61. The van der Waals surface area contributed by atoms with E-state index < -0.39 is 10.2 Å². The summed E-state index contributed by atoms with van der Waals surface area (Å²) in [6.45, 7) is 5.35. The van der Waals surface area contributed by atoms with E-state index in [1.165, 1.54) is 0 Å². The minimum atomic E-state index is -3.62. The predicted octanol–water partition coefficient (Wildman–Crippen LogP) is 1.38. The minimum absolute atomic E-state index is 0.0190. The van der Waals surface area contributed by atoms with Gasteiger partial charge in [0.1, 0.15) is 0 Å². The lowest BCUT2D eigenvalue weighted by atomic mass is 10.1. The van der Waals surface area contributed by atoms with Gasteiger partial charge in [-0.15, -0.1) is 0 Å². The van der Waals surface area contributed by atoms with Gasteiger partial charge in [0.25, 0.3) is 10.2 Å². The number of nitrogens with one attached hydrogen (secondary N) is 2. The zero-order valence-electron chi connectivity index (χ0n) is 11.9. The average Bonchev–Trinajstić information content (AvgIpc) is 2.29. The summed E-state index contributed by atoms with van der Waals surface area (Å²) in [5.41, 5.74) is 1.95. The highest BCUT2D eigenvalue weighted by Gasteiger charge is 2.13. The first-order valence-electron chi connectivity index (χ1n) is 6.34. The molecule has 0 spiro atoms. The topological polar surface area (TPSA) is 78.4 Å². The summed E-state index contributed by atoms with van der Waals surface area (Å²) < 4.78 is 28.7. The molecule has 1 aromatic carbocycles. The van der Waals surface area contributed by atoms with Gasteiger partial charge in [-0.3, -0.25) is 4.72 Å². The molecule has 0 fully saturated rings. The molecule has 20 heavy (non-hydrogen) atoms. The summed E-state index contributed by atoms with van der Waals surface area (Å²) in [6.07, 6.45) is 0.351. The number of hydrogen-bond acceptors (Lipinski definition) is 3. The zero-order valence-corrected chi connectivity index (χ0v) is 12.7. The van der Waals surface area contributed by atoms with Crippen LogP contribution in [-0.4, -0.2) is 26.2 Å². The Morgan fingerprint density at radius 1 is 1.35 bits per heavy atom. The standard InChI is InChI=1S/C14H20N2O3S/c1-11(2)15-20(18,19)16-14-10-12(3)7-8-13(14)6-4-5-9-17/h7-8,10-11,15-17H,5,9H2,1-3H3. The molecule has 0 atom stereocenters. The number of hydrogen-bond donors (Lipinski definition) is 3. The Bertz CT molecular complexity index is 613. The average molecular weight is 296 g/mol. The lowest BCUT2D eigenvalue weighted by Gasteiger charge is -2.13. The van der Waals surface area contributed by atoms with E-state index in [2.05, 4.69) is 21.3 Å². The molecule has 0 saturated heterocycles. The van der Waals surface area contributed by atoms with Crippen molar-refractivity contribution in [3.8, 4) is 11.8 Å². The Morgan fingerprint density at radius 2 is 2.05 bits per heavy atom. The monoisotopic (exact) mass is 296 g/mol. The van der Waals surface area contributed by atoms with Gasteiger partial charge in [-0.1, -0.05) is 17.9 Å². The van der Waals surface area contributed by atoms with E-state index in [0.29, 0.717) is 17.7 Å². The molecule has 0 bridgehead atoms. The fourth-order valence-corrected chi connectivity index (χ4v) is 2.69. The molecular weight excluding hydrogens is 276 g/mol. The highest BCUT2D eigenvalue weighted by atomic mass is 32.2. The Balaban J connectivity index is 3.05. The highest BCUT2D eigenvalue weighted by Crippen LogP contribution is 2.17. The maximum Gasteiger partial charge on any atom is 0.299 e. The van der Waals surface area contributed by atoms with E-state index >= 15 is 0 Å². The highest BCUT2D eigenvalue weighted by molar-refractivity contribution is 7.90. The molecule has 6 heteroatoms. The normalized spacial score (nSPS) is 11.1. The van der Waals surface area contributed by atoms with E-state index in [-0.39, 0.29) is 12.6 Å². The number of rotatable bonds is 5. The Labute approximate surface area is 120 Å². The second kappa shape index (κ2) is 7.29. The smallest absolute Gasteiger partial charge is 0.299 e. The van der Waals surface area contributed by atoms with Gasteiger partial charge in [-0.05, 0) is 38.5 Å². The molecule has 0 heterocycles. The fraction of sp³-hybridized carbons (Fsp3) is 0.429. The van der Waals surface area contributed by atoms with E-state index in [1.54, 1.807) is 26.0 Å². The van der Waals surface area contributed by atoms with Crippen molar-refractivity contribution in [2.75, 3.05) is 11.3 Å². The van der Waals surface area contributed by atoms with Crippen molar-refractivity contribution in [2.24, 2.45) is 0 Å². The van der Waals surface area contributed by atoms with Gasteiger partial charge in [-0.25, -0.2) is 0 Å². The van der Waals surface area contributed by atoms with Crippen molar-refractivity contribution in [3.63, 3.8) is 0 Å². The van der Waals surface area contributed by atoms with Gasteiger partial charge in [-0.2, -0.15) is 13.1 Å². The SMILES string of the molecule is Cc1ccc(C#CCCO)c(NS(=O)(=O)NC(C)C)c1. The van der Waals surface area contributed by atoms with Crippen molar-refractivity contribution in [1.29, 1.82) is 0 Å². The van der Waals surface area contributed by atoms with Crippen LogP contribution in [0.25, 0.3) is 0 Å². The maximum absolute atomic E-state index is 11.9. The first kappa shape index (κ1) is 16.5. The van der Waals surface area contributed by atoms with Crippen molar-refractivity contribution >= 4 is 15.9 Å². The summed E-state index contributed by atoms with van der Waals surface area (Å²) >= 11 is 0. The summed E-state index contributed by atoms with van der Waals surface area (Å²) in [5.74, 6) is 5.64. The van der Waals surface area contributed by atoms with E-state index in [4.69, 9.17) is 5.11 Å². The van der Waals surface area contributed by atoms with Gasteiger partial charge in [0.15, 0.2) is 0 Å². The lowest BCUT2D eigenvalue weighted by Crippen LogP contribution is -2.35. The molecule has 0 unspecified atom stereocenters. The van der Waals surface area contributed by atoms with Crippen LogP contribution in [0, 0.1) is 18.8 Å². The molecule has 5 nitrogen and oxygen atoms in total. The molecular formula is C14H20N2O3S. The first-order chi connectivity index (χ1) is 9.34. The van der Waals surface area contributed by atoms with E-state index in [9.17, 15) is 8.42 Å². The molecule has 3 N–H and O–H groups in total. The van der Waals surface area contributed by atoms with Crippen molar-refractivity contribution in [1.82, 2.24) is 4.72 Å². The molecule has 0 aliphatic carbocycles. The molecule has 1 aromatic rings. The summed E-state index contributed by atoms with van der Waals surface area (Å²) in [4.78, 5) is 0. The molecule has 110 valence electrons.